The van der Waals surface area contributed by atoms with E-state index in [0.717, 1.165) is 31.5 Å². The fraction of sp³-hybridized carbons (Fsp3) is 0.368. The van der Waals surface area contributed by atoms with Gasteiger partial charge in [0.2, 0.25) is 0 Å². The molecule has 1 aliphatic heterocycles. The zero-order valence-corrected chi connectivity index (χ0v) is 16.2. The highest BCUT2D eigenvalue weighted by Crippen LogP contribution is 2.17. The summed E-state index contributed by atoms with van der Waals surface area (Å²) < 4.78 is 1.44. The lowest BCUT2D eigenvalue weighted by molar-refractivity contribution is 0.241. The molecule has 2 heterocycles. The summed E-state index contributed by atoms with van der Waals surface area (Å²) in [5.41, 5.74) is 7.11. The van der Waals surface area contributed by atoms with Crippen LogP contribution >= 0.6 is 11.6 Å². The van der Waals surface area contributed by atoms with Crippen LogP contribution in [0.1, 0.15) is 24.1 Å². The van der Waals surface area contributed by atoms with Crippen LogP contribution in [0.15, 0.2) is 46.5 Å². The fourth-order valence-corrected chi connectivity index (χ4v) is 3.32. The lowest BCUT2D eigenvalue weighted by atomic mass is 10.1. The molecule has 2 aromatic rings. The summed E-state index contributed by atoms with van der Waals surface area (Å²) in [6, 6.07) is 7.73. The highest BCUT2D eigenvalue weighted by atomic mass is 35.5. The largest absolute Gasteiger partial charge is 0.383 e. The van der Waals surface area contributed by atoms with Crippen molar-refractivity contribution >= 4 is 23.6 Å². The van der Waals surface area contributed by atoms with Crippen molar-refractivity contribution in [3.05, 3.63) is 63.4 Å². The summed E-state index contributed by atoms with van der Waals surface area (Å²) in [6.45, 7) is 6.35. The summed E-state index contributed by atoms with van der Waals surface area (Å²) in [5, 5.41) is 3.92. The van der Waals surface area contributed by atoms with E-state index in [2.05, 4.69) is 33.8 Å². The molecule has 1 aliphatic rings. The number of hydrogen-bond donors (Lipinski definition) is 3. The van der Waals surface area contributed by atoms with Gasteiger partial charge in [0, 0.05) is 11.1 Å². The van der Waals surface area contributed by atoms with Crippen molar-refractivity contribution in [3.8, 4) is 0 Å². The van der Waals surface area contributed by atoms with E-state index < -0.39 is 0 Å². The number of nitrogens with two attached hydrogens (primary N) is 1. The Labute approximate surface area is 163 Å². The Hall–Kier alpha value is -2.51. The Morgan fingerprint density at radius 3 is 2.85 bits per heavy atom. The SMILES string of the molecule is C=C(N=Cc1[nH]c(=O)n(Cc2ccccc2Cl)c1N)NC1CCN(C)CC1. The lowest BCUT2D eigenvalue weighted by Crippen LogP contribution is -2.40. The fourth-order valence-electron chi connectivity index (χ4n) is 3.12. The van der Waals surface area contributed by atoms with Gasteiger partial charge >= 0.3 is 5.69 Å². The molecule has 8 heteroatoms. The molecular formula is C19H25ClN6O. The van der Waals surface area contributed by atoms with Crippen LogP contribution in [-0.4, -0.2) is 46.8 Å². The van der Waals surface area contributed by atoms with E-state index >= 15 is 0 Å². The van der Waals surface area contributed by atoms with Crippen molar-refractivity contribution < 1.29 is 0 Å². The maximum absolute atomic E-state index is 12.2. The van der Waals surface area contributed by atoms with Crippen molar-refractivity contribution in [1.29, 1.82) is 0 Å². The molecule has 1 fully saturated rings. The number of nitrogen functional groups attached to an aromatic ring is 1. The number of rotatable bonds is 6. The van der Waals surface area contributed by atoms with Gasteiger partial charge in [-0.05, 0) is 44.6 Å². The Kier molecular flexibility index (Phi) is 6.03. The number of piperidine rings is 1. The molecule has 0 unspecified atom stereocenters. The molecule has 1 aromatic carbocycles. The van der Waals surface area contributed by atoms with E-state index in [4.69, 9.17) is 17.3 Å². The Morgan fingerprint density at radius 1 is 1.44 bits per heavy atom. The summed E-state index contributed by atoms with van der Waals surface area (Å²) in [4.78, 5) is 21.6. The van der Waals surface area contributed by atoms with Crippen LogP contribution in [0.4, 0.5) is 5.82 Å². The third-order valence-electron chi connectivity index (χ3n) is 4.78. The molecule has 0 bridgehead atoms. The molecular weight excluding hydrogens is 364 g/mol. The first kappa shape index (κ1) is 19.3. The van der Waals surface area contributed by atoms with Crippen LogP contribution in [0.25, 0.3) is 0 Å². The molecule has 144 valence electrons. The van der Waals surface area contributed by atoms with Crippen LogP contribution < -0.4 is 16.7 Å². The van der Waals surface area contributed by atoms with Gasteiger partial charge in [-0.2, -0.15) is 0 Å². The number of halogens is 1. The van der Waals surface area contributed by atoms with Gasteiger partial charge < -0.3 is 20.9 Å². The smallest absolute Gasteiger partial charge is 0.327 e. The number of imidazole rings is 1. The second kappa shape index (κ2) is 8.45. The topological polar surface area (TPSA) is 91.4 Å². The van der Waals surface area contributed by atoms with Gasteiger partial charge in [0.25, 0.3) is 0 Å². The normalized spacial score (nSPS) is 16.1. The summed E-state index contributed by atoms with van der Waals surface area (Å²) in [5.74, 6) is 0.874. The molecule has 27 heavy (non-hydrogen) atoms. The van der Waals surface area contributed by atoms with Crippen LogP contribution in [0.2, 0.25) is 5.02 Å². The highest BCUT2D eigenvalue weighted by molar-refractivity contribution is 6.31. The molecule has 0 saturated carbocycles. The number of nitrogens with one attached hydrogen (secondary N) is 2. The minimum Gasteiger partial charge on any atom is -0.383 e. The van der Waals surface area contributed by atoms with Crippen molar-refractivity contribution in [2.45, 2.75) is 25.4 Å². The number of aromatic nitrogens is 2. The van der Waals surface area contributed by atoms with E-state index in [-0.39, 0.29) is 5.69 Å². The summed E-state index contributed by atoms with van der Waals surface area (Å²) in [6.07, 6.45) is 3.64. The number of anilines is 1. The zero-order valence-electron chi connectivity index (χ0n) is 15.4. The third-order valence-corrected chi connectivity index (χ3v) is 5.15. The van der Waals surface area contributed by atoms with Gasteiger partial charge in [-0.25, -0.2) is 9.79 Å². The number of hydrogen-bond acceptors (Lipinski definition) is 5. The predicted molar refractivity (Wildman–Crippen MR) is 110 cm³/mol. The molecule has 0 radical (unpaired) electrons. The van der Waals surface area contributed by atoms with Crippen molar-refractivity contribution in [2.75, 3.05) is 25.9 Å². The molecule has 7 nitrogen and oxygen atoms in total. The van der Waals surface area contributed by atoms with E-state index in [1.54, 1.807) is 6.07 Å². The standard InChI is InChI=1S/C19H25ClN6O/c1-13(23-15-7-9-25(2)10-8-15)22-11-17-18(21)26(19(27)24-17)12-14-5-3-4-6-16(14)20/h3-6,11,15,23H,1,7-10,12,21H2,2H3,(H,24,27). The van der Waals surface area contributed by atoms with E-state index in [1.165, 1.54) is 10.8 Å². The van der Waals surface area contributed by atoms with Crippen molar-refractivity contribution in [1.82, 2.24) is 19.8 Å². The summed E-state index contributed by atoms with van der Waals surface area (Å²) in [7, 11) is 2.12. The van der Waals surface area contributed by atoms with Gasteiger partial charge in [0.05, 0.1) is 12.8 Å². The second-order valence-electron chi connectivity index (χ2n) is 6.83. The number of nitrogens with zero attached hydrogens (tertiary/aromatic N) is 3. The average molecular weight is 389 g/mol. The highest BCUT2D eigenvalue weighted by Gasteiger charge is 2.16. The molecule has 0 spiro atoms. The van der Waals surface area contributed by atoms with E-state index in [9.17, 15) is 4.79 Å². The van der Waals surface area contributed by atoms with Gasteiger partial charge in [-0.1, -0.05) is 36.4 Å². The molecule has 1 aromatic heterocycles. The lowest BCUT2D eigenvalue weighted by Gasteiger charge is -2.29. The quantitative estimate of drug-likeness (QED) is 0.660. The number of likely N-dealkylation sites (tertiary alicyclic amines) is 1. The maximum Gasteiger partial charge on any atom is 0.327 e. The molecule has 0 aliphatic carbocycles. The van der Waals surface area contributed by atoms with Gasteiger partial charge in [-0.15, -0.1) is 0 Å². The molecule has 1 saturated heterocycles. The van der Waals surface area contributed by atoms with E-state index in [0.29, 0.717) is 34.9 Å². The van der Waals surface area contributed by atoms with Gasteiger partial charge in [-0.3, -0.25) is 4.57 Å². The Bertz CT molecular complexity index is 892. The summed E-state index contributed by atoms with van der Waals surface area (Å²) >= 11 is 6.17. The average Bonchev–Trinajstić information content (AvgIpc) is 2.91. The first-order valence-electron chi connectivity index (χ1n) is 8.94. The molecule has 0 amide bonds. The first-order chi connectivity index (χ1) is 12.9. The van der Waals surface area contributed by atoms with Crippen LogP contribution in [0.5, 0.6) is 0 Å². The minimum atomic E-state index is -0.303. The van der Waals surface area contributed by atoms with Gasteiger partial charge in [0.1, 0.15) is 17.3 Å². The molecule has 0 atom stereocenters. The number of benzene rings is 1. The van der Waals surface area contributed by atoms with Gasteiger partial charge in [0.15, 0.2) is 0 Å². The van der Waals surface area contributed by atoms with Crippen LogP contribution in [0, 0.1) is 0 Å². The number of aromatic amines is 1. The third kappa shape index (κ3) is 4.81. The maximum atomic E-state index is 12.2. The Morgan fingerprint density at radius 2 is 2.15 bits per heavy atom. The Balaban J connectivity index is 1.67. The first-order valence-corrected chi connectivity index (χ1v) is 9.31. The van der Waals surface area contributed by atoms with Crippen LogP contribution in [-0.2, 0) is 6.54 Å². The van der Waals surface area contributed by atoms with Crippen LogP contribution in [0.3, 0.4) is 0 Å². The zero-order chi connectivity index (χ0) is 19.4. The van der Waals surface area contributed by atoms with E-state index in [1.807, 2.05) is 18.2 Å². The number of aliphatic imine (C=N–C) groups is 1. The minimum absolute atomic E-state index is 0.295. The molecule has 4 N–H and O–H groups in total. The predicted octanol–water partition coefficient (Wildman–Crippen LogP) is 2.03. The molecule has 3 rings (SSSR count). The van der Waals surface area contributed by atoms with Crippen molar-refractivity contribution in [2.24, 2.45) is 4.99 Å². The second-order valence-corrected chi connectivity index (χ2v) is 7.24. The van der Waals surface area contributed by atoms with Crippen molar-refractivity contribution in [3.63, 3.8) is 0 Å². The number of H-pyrrole nitrogens is 1. The monoisotopic (exact) mass is 388 g/mol.